The Kier molecular flexibility index (Phi) is 12.8. The molecule has 0 heterocycles. The molecular weight excluding hydrogens is 217 g/mol. The molecule has 0 aliphatic carbocycles. The average molecular weight is 239 g/mol. The quantitative estimate of drug-likeness (QED) is 0.273. The second kappa shape index (κ2) is 11.3. The Morgan fingerprint density at radius 2 is 1.31 bits per heavy atom. The van der Waals surface area contributed by atoms with Gasteiger partial charge in [-0.25, -0.2) is 0 Å². The summed E-state index contributed by atoms with van der Waals surface area (Å²) in [5.41, 5.74) is 0. The van der Waals surface area contributed by atoms with E-state index in [0.29, 0.717) is 19.6 Å². The summed E-state index contributed by atoms with van der Waals surface area (Å²) >= 11 is 0. The monoisotopic (exact) mass is 239 g/mol. The maximum absolute atomic E-state index is 9.06. The third-order valence-electron chi connectivity index (χ3n) is 1.46. The third-order valence-corrected chi connectivity index (χ3v) is 1.46. The molecule has 0 aromatic heterocycles. The van der Waals surface area contributed by atoms with Crippen LogP contribution >= 0.6 is 0 Å². The smallest absolute Gasteiger partial charge is 0.402 e. The van der Waals surface area contributed by atoms with Gasteiger partial charge in [-0.1, -0.05) is 0 Å². The Balaban J connectivity index is 0. The van der Waals surface area contributed by atoms with E-state index in [0.717, 1.165) is 0 Å². The van der Waals surface area contributed by atoms with Crippen LogP contribution in [-0.4, -0.2) is 81.1 Å². The lowest BCUT2D eigenvalue weighted by atomic mass is 10.3. The number of aliphatic hydroxyl groups excluding tert-OH is 3. The van der Waals surface area contributed by atoms with Crippen LogP contribution in [0.5, 0.6) is 0 Å². The summed E-state index contributed by atoms with van der Waals surface area (Å²) in [7, 11) is -2.17. The van der Waals surface area contributed by atoms with Crippen LogP contribution in [0, 0.1) is 0 Å². The van der Waals surface area contributed by atoms with E-state index in [-0.39, 0.29) is 6.61 Å². The first kappa shape index (κ1) is 18.2. The fourth-order valence-electron chi connectivity index (χ4n) is 1.15. The molecule has 0 amide bonds. The van der Waals surface area contributed by atoms with Gasteiger partial charge in [0.05, 0.1) is 18.8 Å². The summed E-state index contributed by atoms with van der Waals surface area (Å²) in [6.07, 6.45) is -0.842. The molecule has 7 nitrogen and oxygen atoms in total. The maximum Gasteiger partial charge on any atom is 0.631 e. The number of hydrogen-bond acceptors (Lipinski definition) is 7. The van der Waals surface area contributed by atoms with Gasteiger partial charge in [-0.05, 0) is 13.8 Å². The van der Waals surface area contributed by atoms with Crippen molar-refractivity contribution in [3.8, 4) is 0 Å². The number of hydrogen-bond donors (Lipinski definition) is 6. The van der Waals surface area contributed by atoms with Gasteiger partial charge in [0.15, 0.2) is 0 Å². The zero-order valence-corrected chi connectivity index (χ0v) is 9.69. The van der Waals surface area contributed by atoms with Gasteiger partial charge in [0.25, 0.3) is 0 Å². The minimum Gasteiger partial charge on any atom is -0.402 e. The highest BCUT2D eigenvalue weighted by Gasteiger charge is 2.09. The van der Waals surface area contributed by atoms with E-state index >= 15 is 0 Å². The Morgan fingerprint density at radius 3 is 1.50 bits per heavy atom. The summed E-state index contributed by atoms with van der Waals surface area (Å²) in [6, 6.07) is 0. The molecule has 0 radical (unpaired) electrons. The molecule has 0 aromatic rings. The molecule has 0 spiro atoms. The van der Waals surface area contributed by atoms with Crippen molar-refractivity contribution in [2.45, 2.75) is 26.1 Å². The van der Waals surface area contributed by atoms with Crippen molar-refractivity contribution in [2.75, 3.05) is 26.2 Å². The molecule has 98 valence electrons. The van der Waals surface area contributed by atoms with Gasteiger partial charge >= 0.3 is 7.32 Å². The minimum atomic E-state index is -2.17. The highest BCUT2D eigenvalue weighted by molar-refractivity contribution is 6.30. The van der Waals surface area contributed by atoms with Crippen LogP contribution in [-0.2, 0) is 0 Å². The first-order valence-electron chi connectivity index (χ1n) is 5.03. The molecular formula is C8H22BNO6. The highest BCUT2D eigenvalue weighted by atomic mass is 16.5. The Labute approximate surface area is 95.8 Å². The summed E-state index contributed by atoms with van der Waals surface area (Å²) < 4.78 is 0. The van der Waals surface area contributed by atoms with Crippen molar-refractivity contribution in [3.63, 3.8) is 0 Å². The molecule has 0 aromatic carbocycles. The second-order valence-electron chi connectivity index (χ2n) is 3.53. The first-order chi connectivity index (χ1) is 7.29. The van der Waals surface area contributed by atoms with Crippen LogP contribution in [0.15, 0.2) is 0 Å². The van der Waals surface area contributed by atoms with E-state index in [1.54, 1.807) is 13.8 Å². The second-order valence-corrected chi connectivity index (χ2v) is 3.53. The highest BCUT2D eigenvalue weighted by Crippen LogP contribution is 1.94. The molecule has 0 rings (SSSR count). The zero-order valence-electron chi connectivity index (χ0n) is 9.69. The normalized spacial score (nSPS) is 14.1. The van der Waals surface area contributed by atoms with E-state index in [4.69, 9.17) is 30.4 Å². The van der Waals surface area contributed by atoms with Crippen molar-refractivity contribution in [3.05, 3.63) is 0 Å². The van der Waals surface area contributed by atoms with E-state index in [1.165, 1.54) is 0 Å². The Bertz CT molecular complexity index is 134. The van der Waals surface area contributed by atoms with Crippen LogP contribution in [0.4, 0.5) is 0 Å². The van der Waals surface area contributed by atoms with Crippen molar-refractivity contribution in [1.29, 1.82) is 0 Å². The molecule has 6 N–H and O–H groups in total. The van der Waals surface area contributed by atoms with Crippen molar-refractivity contribution in [2.24, 2.45) is 0 Å². The molecule has 0 fully saturated rings. The lowest BCUT2D eigenvalue weighted by molar-refractivity contribution is 0.0725. The first-order valence-corrected chi connectivity index (χ1v) is 5.03. The van der Waals surface area contributed by atoms with Crippen molar-refractivity contribution >= 4 is 7.32 Å². The number of nitrogens with zero attached hydrogens (tertiary/aromatic N) is 1. The fourth-order valence-corrected chi connectivity index (χ4v) is 1.15. The standard InChI is InChI=1S/C8H19NO3.BH3O3/c1-7(11)5-9(3-4-10)6-8(2)12;2-1(3)4/h7-8,10-12H,3-6H2,1-2H3;2-4H. The maximum atomic E-state index is 9.06. The Morgan fingerprint density at radius 1 is 1.00 bits per heavy atom. The lowest BCUT2D eigenvalue weighted by Crippen LogP contribution is -2.38. The van der Waals surface area contributed by atoms with Gasteiger partial charge in [0, 0.05) is 19.6 Å². The van der Waals surface area contributed by atoms with Gasteiger partial charge in [-0.2, -0.15) is 0 Å². The lowest BCUT2D eigenvalue weighted by Gasteiger charge is -2.23. The van der Waals surface area contributed by atoms with Crippen molar-refractivity contribution in [1.82, 2.24) is 4.90 Å². The number of rotatable bonds is 6. The van der Waals surface area contributed by atoms with Gasteiger partial charge in [0.1, 0.15) is 0 Å². The molecule has 16 heavy (non-hydrogen) atoms. The van der Waals surface area contributed by atoms with Crippen LogP contribution in [0.25, 0.3) is 0 Å². The van der Waals surface area contributed by atoms with E-state index in [1.807, 2.05) is 4.90 Å². The van der Waals surface area contributed by atoms with Gasteiger partial charge < -0.3 is 30.4 Å². The Hall–Kier alpha value is -0.215. The largest absolute Gasteiger partial charge is 0.631 e. The van der Waals surface area contributed by atoms with E-state index in [2.05, 4.69) is 0 Å². The van der Waals surface area contributed by atoms with Crippen LogP contribution in [0.3, 0.4) is 0 Å². The third kappa shape index (κ3) is 19.4. The SMILES string of the molecule is CC(O)CN(CCO)CC(C)O.OB(O)O. The predicted octanol–water partition coefficient (Wildman–Crippen LogP) is -3.01. The number of aliphatic hydroxyl groups is 3. The van der Waals surface area contributed by atoms with Gasteiger partial charge in [-0.3, -0.25) is 4.90 Å². The average Bonchev–Trinajstić information content (AvgIpc) is 1.99. The fraction of sp³-hybridized carbons (Fsp3) is 1.00. The van der Waals surface area contributed by atoms with Crippen molar-refractivity contribution < 1.29 is 30.4 Å². The summed E-state index contributed by atoms with van der Waals surface area (Å²) in [4.78, 5) is 1.83. The van der Waals surface area contributed by atoms with Crippen LogP contribution in [0.1, 0.15) is 13.8 Å². The van der Waals surface area contributed by atoms with Crippen LogP contribution in [0.2, 0.25) is 0 Å². The summed E-state index contributed by atoms with van der Waals surface area (Å²) in [5, 5.41) is 48.3. The van der Waals surface area contributed by atoms with Gasteiger partial charge in [0.2, 0.25) is 0 Å². The molecule has 0 saturated heterocycles. The molecule has 0 saturated carbocycles. The van der Waals surface area contributed by atoms with E-state index < -0.39 is 19.5 Å². The minimum absolute atomic E-state index is 0.0550. The molecule has 2 unspecified atom stereocenters. The predicted molar refractivity (Wildman–Crippen MR) is 59.3 cm³/mol. The van der Waals surface area contributed by atoms with E-state index in [9.17, 15) is 0 Å². The molecule has 0 bridgehead atoms. The summed E-state index contributed by atoms with van der Waals surface area (Å²) in [6.45, 7) is 4.91. The summed E-state index contributed by atoms with van der Waals surface area (Å²) in [5.74, 6) is 0. The topological polar surface area (TPSA) is 125 Å². The molecule has 8 heteroatoms. The molecule has 2 atom stereocenters. The molecule has 0 aliphatic heterocycles. The van der Waals surface area contributed by atoms with Gasteiger partial charge in [-0.15, -0.1) is 0 Å². The zero-order chi connectivity index (χ0) is 13.1. The molecule has 0 aliphatic rings. The van der Waals surface area contributed by atoms with Crippen LogP contribution < -0.4 is 0 Å².